The molecule has 118 valence electrons. The SMILES string of the molecule is O=S(=O)(Cc1ccccc1C(F)(F)F)N1CCC[C@@H]1CO. The maximum absolute atomic E-state index is 12.9. The van der Waals surface area contributed by atoms with Crippen LogP contribution in [0.25, 0.3) is 0 Å². The van der Waals surface area contributed by atoms with Gasteiger partial charge in [-0.25, -0.2) is 8.42 Å². The number of aliphatic hydroxyl groups excluding tert-OH is 1. The van der Waals surface area contributed by atoms with Crippen molar-refractivity contribution in [2.75, 3.05) is 13.2 Å². The minimum atomic E-state index is -4.59. The predicted octanol–water partition coefficient (Wildman–Crippen LogP) is 1.99. The van der Waals surface area contributed by atoms with E-state index in [0.29, 0.717) is 12.8 Å². The van der Waals surface area contributed by atoms with Gasteiger partial charge < -0.3 is 5.11 Å². The molecule has 1 aromatic rings. The minimum absolute atomic E-state index is 0.238. The Kier molecular flexibility index (Phi) is 4.60. The molecule has 0 aliphatic carbocycles. The average Bonchev–Trinajstić information content (AvgIpc) is 2.86. The molecule has 1 aliphatic heterocycles. The maximum atomic E-state index is 12.9. The summed E-state index contributed by atoms with van der Waals surface area (Å²) in [6.45, 7) is -0.0815. The molecule has 0 aromatic heterocycles. The van der Waals surface area contributed by atoms with Crippen LogP contribution in [0.2, 0.25) is 0 Å². The van der Waals surface area contributed by atoms with Crippen LogP contribution in [-0.4, -0.2) is 37.0 Å². The second kappa shape index (κ2) is 5.94. The number of benzene rings is 1. The number of nitrogens with zero attached hydrogens (tertiary/aromatic N) is 1. The van der Waals surface area contributed by atoms with E-state index in [1.54, 1.807) is 0 Å². The lowest BCUT2D eigenvalue weighted by molar-refractivity contribution is -0.138. The zero-order chi connectivity index (χ0) is 15.7. The van der Waals surface area contributed by atoms with E-state index in [-0.39, 0.29) is 18.7 Å². The first-order chi connectivity index (χ1) is 9.75. The van der Waals surface area contributed by atoms with Crippen molar-refractivity contribution in [1.29, 1.82) is 0 Å². The van der Waals surface area contributed by atoms with E-state index in [2.05, 4.69) is 0 Å². The summed E-state index contributed by atoms with van der Waals surface area (Å²) < 4.78 is 64.4. The number of sulfonamides is 1. The Hall–Kier alpha value is -1.12. The van der Waals surface area contributed by atoms with Crippen LogP contribution in [0.1, 0.15) is 24.0 Å². The Morgan fingerprint density at radius 3 is 2.57 bits per heavy atom. The lowest BCUT2D eigenvalue weighted by Crippen LogP contribution is -2.38. The van der Waals surface area contributed by atoms with Gasteiger partial charge in [-0.15, -0.1) is 0 Å². The molecule has 1 aromatic carbocycles. The largest absolute Gasteiger partial charge is 0.416 e. The zero-order valence-corrected chi connectivity index (χ0v) is 12.0. The Labute approximate surface area is 121 Å². The van der Waals surface area contributed by atoms with Gasteiger partial charge in [-0.1, -0.05) is 18.2 Å². The monoisotopic (exact) mass is 323 g/mol. The minimum Gasteiger partial charge on any atom is -0.395 e. The van der Waals surface area contributed by atoms with Gasteiger partial charge in [0.25, 0.3) is 0 Å². The third kappa shape index (κ3) is 3.56. The first-order valence-electron chi connectivity index (χ1n) is 6.51. The normalized spacial score (nSPS) is 20.9. The van der Waals surface area contributed by atoms with Crippen molar-refractivity contribution < 1.29 is 26.7 Å². The van der Waals surface area contributed by atoms with E-state index in [0.717, 1.165) is 10.4 Å². The lowest BCUT2D eigenvalue weighted by atomic mass is 10.1. The number of alkyl halides is 3. The van der Waals surface area contributed by atoms with Gasteiger partial charge in [-0.3, -0.25) is 0 Å². The molecule has 0 unspecified atom stereocenters. The summed E-state index contributed by atoms with van der Waals surface area (Å²) >= 11 is 0. The van der Waals surface area contributed by atoms with Crippen LogP contribution in [0.5, 0.6) is 0 Å². The van der Waals surface area contributed by atoms with E-state index in [4.69, 9.17) is 5.11 Å². The maximum Gasteiger partial charge on any atom is 0.416 e. The summed E-state index contributed by atoms with van der Waals surface area (Å²) in [6.07, 6.45) is -3.46. The van der Waals surface area contributed by atoms with Crippen LogP contribution >= 0.6 is 0 Å². The summed E-state index contributed by atoms with van der Waals surface area (Å²) in [6, 6.07) is 4.12. The molecule has 1 saturated heterocycles. The number of aliphatic hydroxyl groups is 1. The molecular formula is C13H16F3NO3S. The fourth-order valence-corrected chi connectivity index (χ4v) is 4.40. The molecule has 21 heavy (non-hydrogen) atoms. The molecule has 1 aliphatic rings. The van der Waals surface area contributed by atoms with Crippen molar-refractivity contribution in [2.24, 2.45) is 0 Å². The smallest absolute Gasteiger partial charge is 0.395 e. The fourth-order valence-electron chi connectivity index (χ4n) is 2.56. The summed E-state index contributed by atoms with van der Waals surface area (Å²) in [5, 5.41) is 9.16. The topological polar surface area (TPSA) is 57.6 Å². The van der Waals surface area contributed by atoms with Crippen LogP contribution in [0.3, 0.4) is 0 Å². The van der Waals surface area contributed by atoms with Gasteiger partial charge in [0, 0.05) is 12.6 Å². The lowest BCUT2D eigenvalue weighted by Gasteiger charge is -2.23. The molecule has 1 N–H and O–H groups in total. The number of rotatable bonds is 4. The van der Waals surface area contributed by atoms with Crippen molar-refractivity contribution in [3.63, 3.8) is 0 Å². The first-order valence-corrected chi connectivity index (χ1v) is 8.12. The molecule has 1 fully saturated rings. The summed E-state index contributed by atoms with van der Waals surface area (Å²) in [4.78, 5) is 0. The highest BCUT2D eigenvalue weighted by Gasteiger charge is 2.37. The quantitative estimate of drug-likeness (QED) is 0.922. The van der Waals surface area contributed by atoms with Crippen molar-refractivity contribution >= 4 is 10.0 Å². The van der Waals surface area contributed by atoms with Gasteiger partial charge in [-0.05, 0) is 24.5 Å². The van der Waals surface area contributed by atoms with Gasteiger partial charge in [-0.2, -0.15) is 17.5 Å². The standard InChI is InChI=1S/C13H16F3NO3S/c14-13(15,16)12-6-2-1-4-10(12)9-21(19,20)17-7-3-5-11(17)8-18/h1-2,4,6,11,18H,3,5,7-9H2/t11-/m1/s1. The predicted molar refractivity (Wildman–Crippen MR) is 70.9 cm³/mol. The van der Waals surface area contributed by atoms with Gasteiger partial charge in [0.15, 0.2) is 0 Å². The highest BCUT2D eigenvalue weighted by molar-refractivity contribution is 7.88. The summed E-state index contributed by atoms with van der Waals surface area (Å²) in [5.74, 6) is -0.709. The molecule has 4 nitrogen and oxygen atoms in total. The van der Waals surface area contributed by atoms with E-state index < -0.39 is 33.6 Å². The van der Waals surface area contributed by atoms with Crippen molar-refractivity contribution in [3.05, 3.63) is 35.4 Å². The second-order valence-corrected chi connectivity index (χ2v) is 6.92. The third-order valence-corrected chi connectivity index (χ3v) is 5.42. The van der Waals surface area contributed by atoms with Crippen LogP contribution in [0.15, 0.2) is 24.3 Å². The summed E-state index contributed by atoms with van der Waals surface area (Å²) in [7, 11) is -3.88. The molecule has 1 atom stereocenters. The Bertz CT molecular complexity index is 601. The summed E-state index contributed by atoms with van der Waals surface area (Å²) in [5.41, 5.74) is -1.21. The molecule has 0 saturated carbocycles. The second-order valence-electron chi connectivity index (χ2n) is 5.00. The van der Waals surface area contributed by atoms with Crippen molar-refractivity contribution in [3.8, 4) is 0 Å². The molecule has 0 radical (unpaired) electrons. The zero-order valence-electron chi connectivity index (χ0n) is 11.2. The van der Waals surface area contributed by atoms with E-state index in [1.165, 1.54) is 18.2 Å². The van der Waals surface area contributed by atoms with Crippen LogP contribution < -0.4 is 0 Å². The molecular weight excluding hydrogens is 307 g/mol. The average molecular weight is 323 g/mol. The van der Waals surface area contributed by atoms with Gasteiger partial charge in [0.05, 0.1) is 17.9 Å². The molecule has 1 heterocycles. The van der Waals surface area contributed by atoms with Crippen molar-refractivity contribution in [1.82, 2.24) is 4.31 Å². The number of hydrogen-bond donors (Lipinski definition) is 1. The first kappa shape index (κ1) is 16.3. The Morgan fingerprint density at radius 1 is 1.29 bits per heavy atom. The van der Waals surface area contributed by atoms with Crippen LogP contribution in [0.4, 0.5) is 13.2 Å². The van der Waals surface area contributed by atoms with E-state index >= 15 is 0 Å². The Balaban J connectivity index is 2.30. The van der Waals surface area contributed by atoms with Gasteiger partial charge in [0.2, 0.25) is 10.0 Å². The highest BCUT2D eigenvalue weighted by Crippen LogP contribution is 2.33. The number of hydrogen-bond acceptors (Lipinski definition) is 3. The van der Waals surface area contributed by atoms with E-state index in [9.17, 15) is 21.6 Å². The molecule has 2 rings (SSSR count). The molecule has 0 bridgehead atoms. The number of halogens is 3. The third-order valence-electron chi connectivity index (χ3n) is 3.55. The fraction of sp³-hybridized carbons (Fsp3) is 0.538. The molecule has 0 amide bonds. The van der Waals surface area contributed by atoms with Crippen LogP contribution in [0, 0.1) is 0 Å². The molecule has 0 spiro atoms. The highest BCUT2D eigenvalue weighted by atomic mass is 32.2. The van der Waals surface area contributed by atoms with Crippen molar-refractivity contribution in [2.45, 2.75) is 30.8 Å². The molecule has 8 heteroatoms. The van der Waals surface area contributed by atoms with E-state index in [1.807, 2.05) is 0 Å². The van der Waals surface area contributed by atoms with Crippen LogP contribution in [-0.2, 0) is 22.0 Å². The Morgan fingerprint density at radius 2 is 1.95 bits per heavy atom. The van der Waals surface area contributed by atoms with Gasteiger partial charge in [0.1, 0.15) is 0 Å². The van der Waals surface area contributed by atoms with Gasteiger partial charge >= 0.3 is 6.18 Å².